The summed E-state index contributed by atoms with van der Waals surface area (Å²) in [5.41, 5.74) is 0. The summed E-state index contributed by atoms with van der Waals surface area (Å²) in [5.74, 6) is -5.67. The molecule has 49 nitrogen and oxygen atoms in total. The van der Waals surface area contributed by atoms with Crippen molar-refractivity contribution >= 4 is 6.47 Å². The molecule has 10 aliphatic heterocycles. The van der Waals surface area contributed by atoms with E-state index in [9.17, 15) is 153 Å². The van der Waals surface area contributed by atoms with Crippen LogP contribution in [-0.2, 0) is 85.3 Å². The third-order valence-corrected chi connectivity index (χ3v) is 23.4. The van der Waals surface area contributed by atoms with Crippen molar-refractivity contribution in [3.63, 3.8) is 0 Å². The van der Waals surface area contributed by atoms with Crippen molar-refractivity contribution in [2.75, 3.05) is 66.1 Å². The van der Waals surface area contributed by atoms with E-state index in [0.29, 0.717) is 0 Å². The quantitative estimate of drug-likeness (QED) is 0.0282. The number of carbonyl (C=O) groups excluding carboxylic acids is 1. The normalized spacial score (nSPS) is 50.6. The Hall–Kier alpha value is -2.41. The molecule has 0 aromatic carbocycles. The van der Waals surface area contributed by atoms with Crippen LogP contribution in [0.3, 0.4) is 0 Å². The molecule has 706 valence electrons. The van der Waals surface area contributed by atoms with E-state index in [1.807, 2.05) is 0 Å². The van der Waals surface area contributed by atoms with Crippen molar-refractivity contribution < 1.29 is 244 Å². The van der Waals surface area contributed by atoms with E-state index in [1.54, 1.807) is 34.6 Å². The van der Waals surface area contributed by atoms with Gasteiger partial charge in [-0.05, 0) is 27.7 Å². The second kappa shape index (κ2) is 46.7. The van der Waals surface area contributed by atoms with Crippen LogP contribution in [-0.4, -0.2) is 519 Å². The fourth-order valence-electron chi connectivity index (χ4n) is 15.5. The lowest BCUT2D eigenvalue weighted by Crippen LogP contribution is -2.65. The first-order valence-corrected chi connectivity index (χ1v) is 39.5. The van der Waals surface area contributed by atoms with Crippen molar-refractivity contribution in [3.05, 3.63) is 0 Å². The Bertz CT molecular complexity index is 2920. The summed E-state index contributed by atoms with van der Waals surface area (Å²) in [7, 11) is 0. The van der Waals surface area contributed by atoms with Gasteiger partial charge >= 0.3 is 5.97 Å². The van der Waals surface area contributed by atoms with E-state index in [4.69, 9.17) is 90.7 Å². The van der Waals surface area contributed by atoms with E-state index < -0.39 is 377 Å². The van der Waals surface area contributed by atoms with Crippen molar-refractivity contribution in [1.82, 2.24) is 0 Å². The highest BCUT2D eigenvalue weighted by Gasteiger charge is 2.58. The zero-order chi connectivity index (χ0) is 89.9. The highest BCUT2D eigenvalue weighted by atomic mass is 16.9. The van der Waals surface area contributed by atoms with Gasteiger partial charge < -0.3 is 239 Å². The molecule has 10 rings (SSSR count). The molecule has 10 saturated heterocycles. The molecule has 0 amide bonds. The lowest BCUT2D eigenvalue weighted by atomic mass is 9.87. The number of hydrogen-bond acceptors (Lipinski definition) is 49. The number of ether oxygens (including phenoxy) is 17. The topological polar surface area (TPSA) is 801 Å². The maximum Gasteiger partial charge on any atom is 0.332 e. The monoisotopic (exact) mass is 1760 g/mol. The molecule has 0 spiro atoms. The Morgan fingerprint density at radius 3 is 0.942 bits per heavy atom. The minimum Gasteiger partial charge on any atom is -0.410 e. The van der Waals surface area contributed by atoms with Gasteiger partial charge in [0.1, 0.15) is 195 Å². The molecular weight excluding hydrogens is 1640 g/mol. The Morgan fingerprint density at radius 2 is 0.592 bits per heavy atom. The fourth-order valence-corrected chi connectivity index (χ4v) is 15.5. The summed E-state index contributed by atoms with van der Waals surface area (Å²) in [5, 5.41) is 309. The predicted molar refractivity (Wildman–Crippen MR) is 383 cm³/mol. The summed E-state index contributed by atoms with van der Waals surface area (Å²) in [4.78, 5) is 11.4. The van der Waals surface area contributed by atoms with Crippen LogP contribution in [0.25, 0.3) is 0 Å². The summed E-state index contributed by atoms with van der Waals surface area (Å²) < 4.78 is 94.5. The van der Waals surface area contributed by atoms with Crippen LogP contribution >= 0.6 is 0 Å². The number of rotatable bonds is 26. The van der Waals surface area contributed by atoms with E-state index in [2.05, 4.69) is 0 Å². The third kappa shape index (κ3) is 24.0. The van der Waals surface area contributed by atoms with E-state index in [-0.39, 0.29) is 13.1 Å². The summed E-state index contributed by atoms with van der Waals surface area (Å²) in [6.07, 6.45) is -60.6. The van der Waals surface area contributed by atoms with Gasteiger partial charge in [0, 0.05) is 23.7 Å². The average Bonchev–Trinajstić information content (AvgIpc) is 0.784. The van der Waals surface area contributed by atoms with Crippen LogP contribution in [0.5, 0.6) is 0 Å². The molecule has 51 atom stereocenters. The van der Waals surface area contributed by atoms with Crippen LogP contribution < -0.4 is 0 Å². The van der Waals surface area contributed by atoms with Crippen molar-refractivity contribution in [2.24, 2.45) is 23.7 Å². The van der Waals surface area contributed by atoms with Gasteiger partial charge in [0.05, 0.1) is 127 Å². The van der Waals surface area contributed by atoms with Gasteiger partial charge in [0.2, 0.25) is 0 Å². The molecule has 0 aromatic heterocycles. The highest BCUT2D eigenvalue weighted by Crippen LogP contribution is 2.42. The SMILES string of the molecule is CC1OC(CO)C(O)C(O)C1O.CC1OC(CO)C(O)C(O)C1OC1OC(CO)C(O)C(O)C1C.CC1OC(CO)C(O)C(O)C1OC1OC(CO)C(OC2OC(CO)C(O)C(O)C2O)C(O)C1C.CC1OC(CO)C(O)C(O)C1OC1OC(CO)C(OC2OC(COC3(OC=O)CC(O)C(C)C(C(O)C(O)CO)O3)C(O)C(O)C2O)C(O)C1C. The van der Waals surface area contributed by atoms with Gasteiger partial charge in [-0.1, -0.05) is 27.7 Å². The van der Waals surface area contributed by atoms with Crippen LogP contribution in [0.1, 0.15) is 61.8 Å². The summed E-state index contributed by atoms with van der Waals surface area (Å²) in [6, 6.07) is 0. The lowest BCUT2D eigenvalue weighted by molar-refractivity contribution is -0.424. The molecule has 0 saturated carbocycles. The first-order valence-electron chi connectivity index (χ1n) is 39.5. The van der Waals surface area contributed by atoms with Crippen LogP contribution in [0, 0.1) is 23.7 Å². The van der Waals surface area contributed by atoms with E-state index in [0.717, 1.165) is 0 Å². The minimum atomic E-state index is -2.42. The van der Waals surface area contributed by atoms with Gasteiger partial charge in [-0.3, -0.25) is 4.79 Å². The van der Waals surface area contributed by atoms with Gasteiger partial charge in [-0.2, -0.15) is 0 Å². The van der Waals surface area contributed by atoms with Gasteiger partial charge in [-0.25, -0.2) is 0 Å². The third-order valence-electron chi connectivity index (χ3n) is 23.4. The fraction of sp³-hybridized carbons (Fsp3) is 0.986. The Kier molecular flexibility index (Phi) is 40.7. The molecule has 10 aliphatic rings. The minimum absolute atomic E-state index is 0.0778. The smallest absolute Gasteiger partial charge is 0.332 e. The maximum absolute atomic E-state index is 11.4. The lowest BCUT2D eigenvalue weighted by Gasteiger charge is -2.49. The van der Waals surface area contributed by atoms with Crippen molar-refractivity contribution in [2.45, 2.75) is 349 Å². The second-order valence-electron chi connectivity index (χ2n) is 31.8. The summed E-state index contributed by atoms with van der Waals surface area (Å²) in [6.45, 7) is 6.19. The molecule has 0 aliphatic carbocycles. The molecular formula is C71H128O49. The number of aliphatic hydroxyl groups excluding tert-OH is 31. The van der Waals surface area contributed by atoms with E-state index in [1.165, 1.54) is 20.8 Å². The number of carbonyl (C=O) groups is 1. The van der Waals surface area contributed by atoms with Crippen LogP contribution in [0.4, 0.5) is 0 Å². The van der Waals surface area contributed by atoms with Crippen molar-refractivity contribution in [1.29, 1.82) is 0 Å². The van der Waals surface area contributed by atoms with Gasteiger partial charge in [0.15, 0.2) is 31.5 Å². The number of aliphatic hydroxyl groups is 31. The Morgan fingerprint density at radius 1 is 0.308 bits per heavy atom. The number of hydrogen-bond donors (Lipinski definition) is 31. The molecule has 0 bridgehead atoms. The first kappa shape index (κ1) is 105. The molecule has 49 heteroatoms. The largest absolute Gasteiger partial charge is 0.410 e. The Labute approximate surface area is 687 Å². The van der Waals surface area contributed by atoms with Gasteiger partial charge in [0.25, 0.3) is 6.47 Å². The predicted octanol–water partition coefficient (Wildman–Crippen LogP) is -17.3. The standard InChI is InChI=1S/C30H52O21.C20H36O14.C14H26O9.C7H14O5/c1-10-13(35)4-30(45-9-34,51-25(10)19(38)14(36)5-31)44-8-17-21(40)22(41)24(43)29(48-17)50-27-16(7-33)47-28(11(2)18(27)37)49-26-12(3)46-15(6-32)20(39)23(26)42;1-6-11(24)18(34-20-16(29)14(27)12(25)9(4-22)31-20)10(5-23)32-19(6)33-17-7(2)30-8(3-21)13(26)15(17)28;1-5-9(17)10(18)8(4-16)22-14(5)23-13-6(2)21-7(3-15)11(19)12(13)20;1-3-5(9)7(11)6(10)4(2-8)12-3/h9-29,31-33,35-43H,4-8H2,1-3H3;6-29H,3-5H2,1-2H3;5-20H,3-4H2,1-2H3;3-11H,2H2,1H3. The van der Waals surface area contributed by atoms with Crippen LogP contribution in [0.2, 0.25) is 0 Å². The summed E-state index contributed by atoms with van der Waals surface area (Å²) >= 11 is 0. The zero-order valence-electron chi connectivity index (χ0n) is 66.9. The molecule has 10 heterocycles. The molecule has 120 heavy (non-hydrogen) atoms. The maximum atomic E-state index is 11.4. The average molecular weight is 1770 g/mol. The molecule has 0 aromatic rings. The van der Waals surface area contributed by atoms with Crippen molar-refractivity contribution in [3.8, 4) is 0 Å². The zero-order valence-corrected chi connectivity index (χ0v) is 66.9. The van der Waals surface area contributed by atoms with E-state index >= 15 is 0 Å². The molecule has 10 fully saturated rings. The first-order chi connectivity index (χ1) is 56.5. The Balaban J connectivity index is 0.000000246. The highest BCUT2D eigenvalue weighted by molar-refractivity contribution is 5.37. The molecule has 31 N–H and O–H groups in total. The van der Waals surface area contributed by atoms with Gasteiger partial charge in [-0.15, -0.1) is 0 Å². The van der Waals surface area contributed by atoms with Crippen LogP contribution in [0.15, 0.2) is 0 Å². The molecule has 51 unspecified atom stereocenters. The second-order valence-corrected chi connectivity index (χ2v) is 31.8. The molecule has 0 radical (unpaired) electrons.